The van der Waals surface area contributed by atoms with Crippen molar-refractivity contribution in [3.8, 4) is 0 Å². The highest BCUT2D eigenvalue weighted by atomic mass is 32.1. The standard InChI is InChI=1S/C7H16S3/c8-4-1-7(2-5-9)3-6-10/h7-10H,1-6H2. The summed E-state index contributed by atoms with van der Waals surface area (Å²) in [6, 6.07) is 0. The summed E-state index contributed by atoms with van der Waals surface area (Å²) < 4.78 is 0. The van der Waals surface area contributed by atoms with Gasteiger partial charge in [-0.15, -0.1) is 0 Å². The zero-order chi connectivity index (χ0) is 7.82. The van der Waals surface area contributed by atoms with E-state index in [0.29, 0.717) is 0 Å². The third kappa shape index (κ3) is 5.81. The molecule has 0 aliphatic carbocycles. The summed E-state index contributed by atoms with van der Waals surface area (Å²) >= 11 is 12.6. The van der Waals surface area contributed by atoms with E-state index >= 15 is 0 Å². The zero-order valence-electron chi connectivity index (χ0n) is 6.16. The van der Waals surface area contributed by atoms with Crippen LogP contribution in [0.15, 0.2) is 0 Å². The Labute approximate surface area is 80.4 Å². The second kappa shape index (κ2) is 8.15. The maximum Gasteiger partial charge on any atom is -0.00953 e. The average molecular weight is 196 g/mol. The van der Waals surface area contributed by atoms with E-state index in [4.69, 9.17) is 0 Å². The molecule has 0 nitrogen and oxygen atoms in total. The van der Waals surface area contributed by atoms with Crippen molar-refractivity contribution in [2.24, 2.45) is 5.92 Å². The van der Waals surface area contributed by atoms with Crippen LogP contribution in [-0.4, -0.2) is 17.3 Å². The van der Waals surface area contributed by atoms with Crippen LogP contribution in [0, 0.1) is 5.92 Å². The SMILES string of the molecule is SCCC(CCS)CCS. The predicted molar refractivity (Wildman–Crippen MR) is 58.9 cm³/mol. The Bertz CT molecular complexity index is 51.6. The van der Waals surface area contributed by atoms with Crippen molar-refractivity contribution in [2.45, 2.75) is 19.3 Å². The molecule has 0 rings (SSSR count). The largest absolute Gasteiger partial charge is 0.179 e. The number of hydrogen-bond acceptors (Lipinski definition) is 3. The Morgan fingerprint density at radius 1 is 0.700 bits per heavy atom. The third-order valence-electron chi connectivity index (χ3n) is 1.61. The van der Waals surface area contributed by atoms with Gasteiger partial charge < -0.3 is 0 Å². The number of thiol groups is 3. The fraction of sp³-hybridized carbons (Fsp3) is 1.00. The van der Waals surface area contributed by atoms with E-state index in [2.05, 4.69) is 37.9 Å². The molecule has 0 unspecified atom stereocenters. The van der Waals surface area contributed by atoms with Crippen molar-refractivity contribution in [1.29, 1.82) is 0 Å². The van der Waals surface area contributed by atoms with E-state index in [1.807, 2.05) is 0 Å². The highest BCUT2D eigenvalue weighted by molar-refractivity contribution is 7.80. The van der Waals surface area contributed by atoms with Crippen molar-refractivity contribution in [2.75, 3.05) is 17.3 Å². The van der Waals surface area contributed by atoms with Gasteiger partial charge in [-0.3, -0.25) is 0 Å². The first kappa shape index (κ1) is 11.1. The second-order valence-electron chi connectivity index (χ2n) is 2.40. The summed E-state index contributed by atoms with van der Waals surface area (Å²) in [5.74, 6) is 3.78. The first-order valence-corrected chi connectivity index (χ1v) is 5.57. The van der Waals surface area contributed by atoms with Crippen LogP contribution in [0.4, 0.5) is 0 Å². The number of rotatable bonds is 6. The predicted octanol–water partition coefficient (Wildman–Crippen LogP) is 2.56. The molecular formula is C7H16S3. The third-order valence-corrected chi connectivity index (χ3v) is 2.39. The van der Waals surface area contributed by atoms with Gasteiger partial charge in [0, 0.05) is 0 Å². The van der Waals surface area contributed by atoms with Gasteiger partial charge in [-0.1, -0.05) is 0 Å². The van der Waals surface area contributed by atoms with E-state index in [1.165, 1.54) is 19.3 Å². The lowest BCUT2D eigenvalue weighted by Crippen LogP contribution is -2.03. The van der Waals surface area contributed by atoms with Crippen molar-refractivity contribution in [3.63, 3.8) is 0 Å². The van der Waals surface area contributed by atoms with Crippen molar-refractivity contribution in [3.05, 3.63) is 0 Å². The van der Waals surface area contributed by atoms with Crippen LogP contribution in [0.2, 0.25) is 0 Å². The highest BCUT2D eigenvalue weighted by Crippen LogP contribution is 2.15. The van der Waals surface area contributed by atoms with Crippen LogP contribution in [-0.2, 0) is 0 Å². The van der Waals surface area contributed by atoms with Crippen LogP contribution in [0.5, 0.6) is 0 Å². The summed E-state index contributed by atoms with van der Waals surface area (Å²) in [6.45, 7) is 0. The van der Waals surface area contributed by atoms with Gasteiger partial charge in [0.05, 0.1) is 0 Å². The summed E-state index contributed by atoms with van der Waals surface area (Å²) in [5, 5.41) is 0. The molecule has 0 radical (unpaired) electrons. The molecule has 0 spiro atoms. The van der Waals surface area contributed by atoms with E-state index in [0.717, 1.165) is 23.2 Å². The van der Waals surface area contributed by atoms with E-state index in [-0.39, 0.29) is 0 Å². The van der Waals surface area contributed by atoms with E-state index in [9.17, 15) is 0 Å². The van der Waals surface area contributed by atoms with E-state index < -0.39 is 0 Å². The quantitative estimate of drug-likeness (QED) is 0.534. The molecule has 62 valence electrons. The lowest BCUT2D eigenvalue weighted by atomic mass is 10.0. The molecule has 0 saturated carbocycles. The van der Waals surface area contributed by atoms with Crippen molar-refractivity contribution in [1.82, 2.24) is 0 Å². The van der Waals surface area contributed by atoms with Gasteiger partial charge in [-0.25, -0.2) is 0 Å². The minimum absolute atomic E-state index is 0.799. The molecule has 0 aromatic rings. The monoisotopic (exact) mass is 196 g/mol. The molecule has 0 aliphatic rings. The van der Waals surface area contributed by atoms with Gasteiger partial charge in [-0.2, -0.15) is 37.9 Å². The zero-order valence-corrected chi connectivity index (χ0v) is 8.84. The highest BCUT2D eigenvalue weighted by Gasteiger charge is 2.04. The molecule has 10 heavy (non-hydrogen) atoms. The summed E-state index contributed by atoms with van der Waals surface area (Å²) in [5.41, 5.74) is 0. The van der Waals surface area contributed by atoms with Crippen LogP contribution in [0.1, 0.15) is 19.3 Å². The molecule has 0 aromatic heterocycles. The van der Waals surface area contributed by atoms with E-state index in [1.54, 1.807) is 0 Å². The van der Waals surface area contributed by atoms with Gasteiger partial charge in [0.2, 0.25) is 0 Å². The van der Waals surface area contributed by atoms with Crippen LogP contribution < -0.4 is 0 Å². The molecule has 0 heterocycles. The molecule has 0 N–H and O–H groups in total. The van der Waals surface area contributed by atoms with Crippen LogP contribution >= 0.6 is 37.9 Å². The minimum Gasteiger partial charge on any atom is -0.179 e. The fourth-order valence-electron chi connectivity index (χ4n) is 0.981. The molecule has 3 heteroatoms. The maximum atomic E-state index is 4.20. The Morgan fingerprint density at radius 2 is 1.00 bits per heavy atom. The van der Waals surface area contributed by atoms with Gasteiger partial charge in [0.1, 0.15) is 0 Å². The summed E-state index contributed by atoms with van der Waals surface area (Å²) in [6.07, 6.45) is 3.64. The van der Waals surface area contributed by atoms with Crippen LogP contribution in [0.25, 0.3) is 0 Å². The first-order valence-electron chi connectivity index (χ1n) is 3.67. The molecule has 0 bridgehead atoms. The maximum absolute atomic E-state index is 4.20. The normalized spacial score (nSPS) is 10.8. The molecular weight excluding hydrogens is 180 g/mol. The summed E-state index contributed by atoms with van der Waals surface area (Å²) in [7, 11) is 0. The van der Waals surface area contributed by atoms with Crippen molar-refractivity contribution < 1.29 is 0 Å². The Kier molecular flexibility index (Phi) is 9.01. The molecule has 0 aromatic carbocycles. The molecule has 0 atom stereocenters. The molecule has 0 amide bonds. The molecule has 0 fully saturated rings. The molecule has 0 saturated heterocycles. The number of hydrogen-bond donors (Lipinski definition) is 3. The Hall–Kier alpha value is 1.05. The first-order chi connectivity index (χ1) is 4.85. The lowest BCUT2D eigenvalue weighted by molar-refractivity contribution is 0.490. The van der Waals surface area contributed by atoms with Gasteiger partial charge in [0.15, 0.2) is 0 Å². The van der Waals surface area contributed by atoms with Gasteiger partial charge in [-0.05, 0) is 42.4 Å². The summed E-state index contributed by atoms with van der Waals surface area (Å²) in [4.78, 5) is 0. The molecule has 0 aliphatic heterocycles. The minimum atomic E-state index is 0.799. The second-order valence-corrected chi connectivity index (χ2v) is 3.74. The Balaban J connectivity index is 3.30. The smallest absolute Gasteiger partial charge is 0.00953 e. The Morgan fingerprint density at radius 3 is 1.20 bits per heavy atom. The van der Waals surface area contributed by atoms with Crippen molar-refractivity contribution >= 4 is 37.9 Å². The average Bonchev–Trinajstić information content (AvgIpc) is 1.90. The lowest BCUT2D eigenvalue weighted by Gasteiger charge is -2.11. The fourth-order valence-corrected chi connectivity index (χ4v) is 2.08. The van der Waals surface area contributed by atoms with Crippen LogP contribution in [0.3, 0.4) is 0 Å². The van der Waals surface area contributed by atoms with Gasteiger partial charge in [0.25, 0.3) is 0 Å². The van der Waals surface area contributed by atoms with Gasteiger partial charge >= 0.3 is 0 Å². The topological polar surface area (TPSA) is 0 Å².